The number of aromatic nitrogens is 4. The molecule has 0 unspecified atom stereocenters. The number of fused-ring (bicyclic) bond motifs is 1. The Morgan fingerprint density at radius 3 is 2.46 bits per heavy atom. The molecule has 0 bridgehead atoms. The fourth-order valence-electron chi connectivity index (χ4n) is 4.16. The van der Waals surface area contributed by atoms with Gasteiger partial charge in [0.15, 0.2) is 11.6 Å². The lowest BCUT2D eigenvalue weighted by Gasteiger charge is -2.15. The molecule has 0 radical (unpaired) electrons. The number of carbonyl (C=O) groups is 1. The molecule has 0 atom stereocenters. The maximum Gasteiger partial charge on any atom is 0.350 e. The average Bonchev–Trinajstić information content (AvgIpc) is 3.19. The second-order valence-electron chi connectivity index (χ2n) is 8.79. The lowest BCUT2D eigenvalue weighted by molar-refractivity contribution is 0.0524. The van der Waals surface area contributed by atoms with Gasteiger partial charge in [-0.2, -0.15) is 4.68 Å². The lowest BCUT2D eigenvalue weighted by Crippen LogP contribution is -2.27. The van der Waals surface area contributed by atoms with E-state index in [0.29, 0.717) is 30.1 Å². The van der Waals surface area contributed by atoms with E-state index in [-0.39, 0.29) is 30.4 Å². The largest absolute Gasteiger partial charge is 0.462 e. The molecular weight excluding hydrogens is 479 g/mol. The van der Waals surface area contributed by atoms with Gasteiger partial charge < -0.3 is 9.47 Å². The fraction of sp³-hybridized carbons (Fsp3) is 0.333. The Labute approximate surface area is 212 Å². The summed E-state index contributed by atoms with van der Waals surface area (Å²) in [5.74, 6) is -1.38. The van der Waals surface area contributed by atoms with Crippen LogP contribution in [0.3, 0.4) is 0 Å². The molecule has 3 heterocycles. The van der Waals surface area contributed by atoms with Crippen molar-refractivity contribution in [2.24, 2.45) is 0 Å². The van der Waals surface area contributed by atoms with Gasteiger partial charge in [0.25, 0.3) is 5.56 Å². The maximum absolute atomic E-state index is 15.4. The minimum absolute atomic E-state index is 0.0553. The molecule has 194 valence electrons. The number of halogens is 1. The molecule has 0 spiro atoms. The SMILES string of the molecule is CCOC(=O)c1cc(C(C)C)c2cc(-n3nc(COCc4ccccc4)n(CC)c3=O)c(F)cn2c1=O. The summed E-state index contributed by atoms with van der Waals surface area (Å²) in [6.45, 7) is 8.01. The first-order chi connectivity index (χ1) is 17.8. The van der Waals surface area contributed by atoms with Crippen molar-refractivity contribution in [1.82, 2.24) is 18.7 Å². The highest BCUT2D eigenvalue weighted by atomic mass is 19.1. The van der Waals surface area contributed by atoms with E-state index in [2.05, 4.69) is 5.10 Å². The van der Waals surface area contributed by atoms with Gasteiger partial charge in [-0.05, 0) is 43.0 Å². The summed E-state index contributed by atoms with van der Waals surface area (Å²) in [6.07, 6.45) is 0.977. The van der Waals surface area contributed by atoms with Gasteiger partial charge in [0.2, 0.25) is 0 Å². The van der Waals surface area contributed by atoms with Gasteiger partial charge in [-0.25, -0.2) is 14.0 Å². The van der Waals surface area contributed by atoms with E-state index in [4.69, 9.17) is 9.47 Å². The van der Waals surface area contributed by atoms with Crippen molar-refractivity contribution in [3.8, 4) is 5.69 Å². The Balaban J connectivity index is 1.79. The van der Waals surface area contributed by atoms with Gasteiger partial charge in [0, 0.05) is 6.54 Å². The molecule has 0 saturated carbocycles. The van der Waals surface area contributed by atoms with Gasteiger partial charge >= 0.3 is 11.7 Å². The van der Waals surface area contributed by atoms with Crippen LogP contribution in [0.15, 0.2) is 58.3 Å². The molecule has 4 aromatic rings. The fourth-order valence-corrected chi connectivity index (χ4v) is 4.16. The highest BCUT2D eigenvalue weighted by Gasteiger charge is 2.22. The van der Waals surface area contributed by atoms with Crippen molar-refractivity contribution >= 4 is 11.5 Å². The summed E-state index contributed by atoms with van der Waals surface area (Å²) in [7, 11) is 0. The smallest absolute Gasteiger partial charge is 0.350 e. The summed E-state index contributed by atoms with van der Waals surface area (Å²) < 4.78 is 29.6. The van der Waals surface area contributed by atoms with Gasteiger partial charge in [-0.3, -0.25) is 13.8 Å². The van der Waals surface area contributed by atoms with Crippen molar-refractivity contribution in [3.05, 3.63) is 97.8 Å². The number of carbonyl (C=O) groups excluding carboxylic acids is 1. The topological polar surface area (TPSA) is 96.8 Å². The number of ether oxygens (including phenoxy) is 2. The maximum atomic E-state index is 15.4. The van der Waals surface area contributed by atoms with Crippen molar-refractivity contribution in [1.29, 1.82) is 0 Å². The third kappa shape index (κ3) is 5.10. The third-order valence-electron chi connectivity index (χ3n) is 6.01. The Morgan fingerprint density at radius 2 is 1.81 bits per heavy atom. The number of benzene rings is 1. The van der Waals surface area contributed by atoms with E-state index in [0.717, 1.165) is 20.8 Å². The predicted molar refractivity (Wildman–Crippen MR) is 136 cm³/mol. The van der Waals surface area contributed by atoms with Crippen LogP contribution in [-0.2, 0) is 29.2 Å². The van der Waals surface area contributed by atoms with Crippen LogP contribution in [0.2, 0.25) is 0 Å². The Bertz CT molecular complexity index is 1550. The van der Waals surface area contributed by atoms with E-state index in [1.807, 2.05) is 44.2 Å². The lowest BCUT2D eigenvalue weighted by atomic mass is 10.00. The van der Waals surface area contributed by atoms with E-state index in [1.165, 1.54) is 16.7 Å². The minimum Gasteiger partial charge on any atom is -0.462 e. The molecule has 37 heavy (non-hydrogen) atoms. The Kier molecular flexibility index (Phi) is 7.68. The van der Waals surface area contributed by atoms with Crippen LogP contribution < -0.4 is 11.2 Å². The molecule has 0 amide bonds. The van der Waals surface area contributed by atoms with Gasteiger partial charge in [0.05, 0.1) is 24.9 Å². The van der Waals surface area contributed by atoms with Gasteiger partial charge in [-0.15, -0.1) is 5.10 Å². The molecule has 3 aromatic heterocycles. The monoisotopic (exact) mass is 508 g/mol. The van der Waals surface area contributed by atoms with Gasteiger partial charge in [-0.1, -0.05) is 44.2 Å². The molecule has 9 nitrogen and oxygen atoms in total. The van der Waals surface area contributed by atoms with E-state index in [1.54, 1.807) is 13.8 Å². The first kappa shape index (κ1) is 26.0. The quantitative estimate of drug-likeness (QED) is 0.319. The summed E-state index contributed by atoms with van der Waals surface area (Å²) in [6, 6.07) is 12.5. The zero-order valence-corrected chi connectivity index (χ0v) is 21.2. The van der Waals surface area contributed by atoms with Crippen LogP contribution in [0.4, 0.5) is 4.39 Å². The zero-order valence-electron chi connectivity index (χ0n) is 21.2. The van der Waals surface area contributed by atoms with Crippen molar-refractivity contribution in [3.63, 3.8) is 0 Å². The molecule has 0 aliphatic rings. The van der Waals surface area contributed by atoms with Gasteiger partial charge in [0.1, 0.15) is 17.9 Å². The molecule has 10 heteroatoms. The number of rotatable bonds is 9. The second-order valence-corrected chi connectivity index (χ2v) is 8.79. The second kappa shape index (κ2) is 10.9. The number of esters is 1. The van der Waals surface area contributed by atoms with E-state index >= 15 is 4.39 Å². The first-order valence-corrected chi connectivity index (χ1v) is 12.1. The number of hydrogen-bond acceptors (Lipinski definition) is 6. The van der Waals surface area contributed by atoms with Crippen LogP contribution in [0.5, 0.6) is 0 Å². The number of nitrogens with zero attached hydrogens (tertiary/aromatic N) is 4. The normalized spacial score (nSPS) is 11.4. The molecule has 1 aromatic carbocycles. The van der Waals surface area contributed by atoms with Crippen LogP contribution >= 0.6 is 0 Å². The number of pyridine rings is 2. The molecule has 0 aliphatic carbocycles. The van der Waals surface area contributed by atoms with E-state index < -0.39 is 23.0 Å². The summed E-state index contributed by atoms with van der Waals surface area (Å²) in [4.78, 5) is 38.5. The minimum atomic E-state index is -0.843. The summed E-state index contributed by atoms with van der Waals surface area (Å²) >= 11 is 0. The molecule has 0 fully saturated rings. The van der Waals surface area contributed by atoms with Crippen LogP contribution in [-0.4, -0.2) is 31.3 Å². The highest BCUT2D eigenvalue weighted by Crippen LogP contribution is 2.24. The standard InChI is InChI=1S/C27H29FN4O5/c1-5-30-24(16-36-15-18-10-8-7-9-11-18)29-32(27(30)35)23-13-22-19(17(3)4)12-20(26(34)37-6-2)25(33)31(22)14-21(23)28/h7-14,17H,5-6,15-16H2,1-4H3. The molecule has 0 saturated heterocycles. The Morgan fingerprint density at radius 1 is 1.08 bits per heavy atom. The highest BCUT2D eigenvalue weighted by molar-refractivity contribution is 5.90. The van der Waals surface area contributed by atoms with Crippen molar-refractivity contribution < 1.29 is 18.7 Å². The zero-order chi connectivity index (χ0) is 26.7. The van der Waals surface area contributed by atoms with E-state index in [9.17, 15) is 14.4 Å². The molecule has 0 aliphatic heterocycles. The van der Waals surface area contributed by atoms with Crippen LogP contribution in [0.25, 0.3) is 11.2 Å². The van der Waals surface area contributed by atoms with Crippen LogP contribution in [0, 0.1) is 5.82 Å². The number of hydrogen-bond donors (Lipinski definition) is 0. The van der Waals surface area contributed by atoms with Crippen molar-refractivity contribution in [2.75, 3.05) is 6.61 Å². The average molecular weight is 509 g/mol. The summed E-state index contributed by atoms with van der Waals surface area (Å²) in [5.41, 5.74) is 0.446. The Hall–Kier alpha value is -4.05. The van der Waals surface area contributed by atoms with Crippen LogP contribution in [0.1, 0.15) is 60.9 Å². The predicted octanol–water partition coefficient (Wildman–Crippen LogP) is 3.82. The van der Waals surface area contributed by atoms with Crippen molar-refractivity contribution in [2.45, 2.75) is 53.4 Å². The third-order valence-corrected chi connectivity index (χ3v) is 6.01. The molecular formula is C27H29FN4O5. The summed E-state index contributed by atoms with van der Waals surface area (Å²) in [5, 5.41) is 4.36. The molecule has 0 N–H and O–H groups in total. The first-order valence-electron chi connectivity index (χ1n) is 12.1. The molecule has 4 rings (SSSR count).